The van der Waals surface area contributed by atoms with Crippen molar-refractivity contribution in [3.8, 4) is 11.5 Å². The van der Waals surface area contributed by atoms with Crippen LogP contribution in [0.3, 0.4) is 0 Å². The predicted molar refractivity (Wildman–Crippen MR) is 139 cm³/mol. The molecule has 1 amide bonds. The van der Waals surface area contributed by atoms with Crippen LogP contribution in [0.2, 0.25) is 0 Å². The number of aliphatic hydroxyl groups is 1. The SMILES string of the molecule is CCOC(=O)C1=C(C)N=C2SC3(C(=O)N2C1c1ccc(O)c(OC)c1)C(O)CSC3c1ccccc1. The van der Waals surface area contributed by atoms with Crippen LogP contribution in [0.25, 0.3) is 0 Å². The first-order valence-corrected chi connectivity index (χ1v) is 13.4. The second-order valence-corrected chi connectivity index (χ2v) is 11.0. The number of nitrogens with zero attached hydrogens (tertiary/aromatic N) is 2. The second kappa shape index (κ2) is 9.49. The molecule has 5 rings (SSSR count). The fourth-order valence-corrected chi connectivity index (χ4v) is 8.33. The maximum atomic E-state index is 14.4. The number of rotatable bonds is 5. The fourth-order valence-electron chi connectivity index (χ4n) is 4.96. The Balaban J connectivity index is 1.67. The topological polar surface area (TPSA) is 109 Å². The Morgan fingerprint density at radius 1 is 1.22 bits per heavy atom. The summed E-state index contributed by atoms with van der Waals surface area (Å²) in [5.74, 6) is -0.341. The number of esters is 1. The van der Waals surface area contributed by atoms with Gasteiger partial charge in [-0.15, -0.1) is 11.8 Å². The minimum Gasteiger partial charge on any atom is -0.504 e. The maximum Gasteiger partial charge on any atom is 0.338 e. The third kappa shape index (κ3) is 3.70. The Morgan fingerprint density at radius 2 is 1.97 bits per heavy atom. The lowest BCUT2D eigenvalue weighted by Gasteiger charge is -2.35. The summed E-state index contributed by atoms with van der Waals surface area (Å²) in [6.07, 6.45) is -0.917. The molecular weight excluding hydrogens is 500 g/mol. The molecule has 1 spiro atoms. The number of thioether (sulfide) groups is 2. The molecule has 0 radical (unpaired) electrons. The summed E-state index contributed by atoms with van der Waals surface area (Å²) in [6, 6.07) is 13.5. The molecule has 8 nitrogen and oxygen atoms in total. The van der Waals surface area contributed by atoms with E-state index in [9.17, 15) is 19.8 Å². The zero-order valence-corrected chi connectivity index (χ0v) is 21.6. The fraction of sp³-hybridized carbons (Fsp3) is 0.346. The average molecular weight is 527 g/mol. The molecule has 10 heteroatoms. The number of aliphatic hydroxyl groups excluding tert-OH is 1. The van der Waals surface area contributed by atoms with E-state index in [1.165, 1.54) is 41.6 Å². The number of carbonyl (C=O) groups is 2. The van der Waals surface area contributed by atoms with Crippen LogP contribution in [0, 0.1) is 0 Å². The zero-order chi connectivity index (χ0) is 25.6. The van der Waals surface area contributed by atoms with Crippen LogP contribution in [0.1, 0.15) is 36.3 Å². The molecule has 3 aliphatic heterocycles. The van der Waals surface area contributed by atoms with Gasteiger partial charge >= 0.3 is 5.97 Å². The van der Waals surface area contributed by atoms with Crippen molar-refractivity contribution in [2.75, 3.05) is 19.5 Å². The Labute approximate surface area is 217 Å². The number of ether oxygens (including phenoxy) is 2. The summed E-state index contributed by atoms with van der Waals surface area (Å²) in [7, 11) is 1.43. The number of phenolic OH excluding ortho intramolecular Hbond substituents is 1. The number of amidine groups is 1. The van der Waals surface area contributed by atoms with Gasteiger partial charge in [0.2, 0.25) is 5.91 Å². The van der Waals surface area contributed by atoms with Crippen molar-refractivity contribution < 1.29 is 29.3 Å². The molecule has 0 aliphatic carbocycles. The highest BCUT2D eigenvalue weighted by atomic mass is 32.2. The molecule has 4 atom stereocenters. The molecular formula is C26H26N2O6S2. The van der Waals surface area contributed by atoms with E-state index < -0.39 is 22.9 Å². The van der Waals surface area contributed by atoms with Crippen molar-refractivity contribution in [2.24, 2.45) is 4.99 Å². The Kier molecular flexibility index (Phi) is 6.52. The minimum absolute atomic E-state index is 0.0605. The lowest BCUT2D eigenvalue weighted by atomic mass is 9.89. The van der Waals surface area contributed by atoms with Gasteiger partial charge < -0.3 is 19.7 Å². The first kappa shape index (κ1) is 24.7. The number of phenols is 1. The molecule has 188 valence electrons. The molecule has 2 aromatic rings. The van der Waals surface area contributed by atoms with Crippen LogP contribution in [0.4, 0.5) is 0 Å². The molecule has 0 saturated carbocycles. The number of carbonyl (C=O) groups excluding carboxylic acids is 2. The Morgan fingerprint density at radius 3 is 2.67 bits per heavy atom. The zero-order valence-electron chi connectivity index (χ0n) is 20.0. The van der Waals surface area contributed by atoms with Gasteiger partial charge in [-0.3, -0.25) is 9.69 Å². The smallest absolute Gasteiger partial charge is 0.338 e. The highest BCUT2D eigenvalue weighted by Crippen LogP contribution is 2.61. The summed E-state index contributed by atoms with van der Waals surface area (Å²) >= 11 is 2.79. The molecule has 3 heterocycles. The van der Waals surface area contributed by atoms with Gasteiger partial charge in [-0.05, 0) is 37.1 Å². The van der Waals surface area contributed by atoms with E-state index in [0.29, 0.717) is 22.2 Å². The highest BCUT2D eigenvalue weighted by Gasteiger charge is 2.66. The summed E-state index contributed by atoms with van der Waals surface area (Å²) in [6.45, 7) is 3.59. The quantitative estimate of drug-likeness (QED) is 0.567. The number of hydrogen-bond donors (Lipinski definition) is 2. The van der Waals surface area contributed by atoms with Crippen LogP contribution in [0.5, 0.6) is 11.5 Å². The van der Waals surface area contributed by atoms with Crippen molar-refractivity contribution in [3.05, 3.63) is 70.9 Å². The van der Waals surface area contributed by atoms with Gasteiger partial charge in [-0.2, -0.15) is 0 Å². The van der Waals surface area contributed by atoms with Gasteiger partial charge in [0.1, 0.15) is 4.75 Å². The lowest BCUT2D eigenvalue weighted by Crippen LogP contribution is -2.50. The summed E-state index contributed by atoms with van der Waals surface area (Å²) in [4.78, 5) is 33.7. The van der Waals surface area contributed by atoms with E-state index >= 15 is 0 Å². The van der Waals surface area contributed by atoms with E-state index in [2.05, 4.69) is 4.99 Å². The van der Waals surface area contributed by atoms with Crippen LogP contribution >= 0.6 is 23.5 Å². The highest BCUT2D eigenvalue weighted by molar-refractivity contribution is 8.17. The number of aliphatic imine (C=N–C) groups is 1. The van der Waals surface area contributed by atoms with Gasteiger partial charge in [0, 0.05) is 5.75 Å². The number of benzene rings is 2. The van der Waals surface area contributed by atoms with Crippen LogP contribution in [-0.4, -0.2) is 62.5 Å². The standard InChI is InChI=1S/C26H26N2O6S2/c1-4-34-23(31)20-14(2)27-25-28(21(20)16-10-11-17(29)18(12-16)33-3)24(32)26(36-25)19(30)13-35-22(26)15-8-6-5-7-9-15/h5-12,19,21-22,29-30H,4,13H2,1-3H3. The first-order valence-electron chi connectivity index (χ1n) is 11.5. The summed E-state index contributed by atoms with van der Waals surface area (Å²) in [5.41, 5.74) is 2.17. The number of aromatic hydroxyl groups is 1. The van der Waals surface area contributed by atoms with E-state index in [1.807, 2.05) is 30.3 Å². The number of hydrogen-bond acceptors (Lipinski definition) is 9. The maximum absolute atomic E-state index is 14.4. The normalized spacial score (nSPS) is 27.3. The molecule has 2 saturated heterocycles. The molecule has 4 unspecified atom stereocenters. The summed E-state index contributed by atoms with van der Waals surface area (Å²) < 4.78 is 9.46. The molecule has 3 aliphatic rings. The van der Waals surface area contributed by atoms with Crippen molar-refractivity contribution >= 4 is 40.6 Å². The minimum atomic E-state index is -1.20. The van der Waals surface area contributed by atoms with E-state index in [0.717, 1.165) is 5.56 Å². The molecule has 0 bridgehead atoms. The van der Waals surface area contributed by atoms with E-state index in [1.54, 1.807) is 26.0 Å². The van der Waals surface area contributed by atoms with Gasteiger partial charge in [0.25, 0.3) is 0 Å². The Hall–Kier alpha value is -2.95. The number of amides is 1. The number of methoxy groups -OCH3 is 1. The predicted octanol–water partition coefficient (Wildman–Crippen LogP) is 3.81. The molecule has 2 fully saturated rings. The first-order chi connectivity index (χ1) is 17.3. The lowest BCUT2D eigenvalue weighted by molar-refractivity contribution is -0.140. The summed E-state index contributed by atoms with van der Waals surface area (Å²) in [5, 5.41) is 21.5. The van der Waals surface area contributed by atoms with Crippen LogP contribution in [-0.2, 0) is 14.3 Å². The van der Waals surface area contributed by atoms with Crippen LogP contribution in [0.15, 0.2) is 64.8 Å². The van der Waals surface area contributed by atoms with Gasteiger partial charge in [0.15, 0.2) is 16.7 Å². The monoisotopic (exact) mass is 526 g/mol. The van der Waals surface area contributed by atoms with Crippen molar-refractivity contribution in [2.45, 2.75) is 36.0 Å². The van der Waals surface area contributed by atoms with Gasteiger partial charge in [0.05, 0.1) is 42.4 Å². The van der Waals surface area contributed by atoms with Gasteiger partial charge in [-0.1, -0.05) is 48.2 Å². The van der Waals surface area contributed by atoms with Crippen molar-refractivity contribution in [1.29, 1.82) is 0 Å². The van der Waals surface area contributed by atoms with Gasteiger partial charge in [-0.25, -0.2) is 9.79 Å². The number of allylic oxidation sites excluding steroid dienone is 1. The second-order valence-electron chi connectivity index (χ2n) is 8.66. The third-order valence-electron chi connectivity index (χ3n) is 6.63. The van der Waals surface area contributed by atoms with E-state index in [-0.39, 0.29) is 34.8 Å². The van der Waals surface area contributed by atoms with Crippen LogP contribution < -0.4 is 4.74 Å². The largest absolute Gasteiger partial charge is 0.504 e. The van der Waals surface area contributed by atoms with Crippen molar-refractivity contribution in [3.63, 3.8) is 0 Å². The molecule has 2 N–H and O–H groups in total. The molecule has 2 aromatic carbocycles. The number of fused-ring (bicyclic) bond motifs is 1. The third-order valence-corrected chi connectivity index (χ3v) is 9.75. The van der Waals surface area contributed by atoms with E-state index in [4.69, 9.17) is 9.47 Å². The molecule has 36 heavy (non-hydrogen) atoms. The molecule has 0 aromatic heterocycles. The average Bonchev–Trinajstić information content (AvgIpc) is 3.35. The Bertz CT molecular complexity index is 1280. The van der Waals surface area contributed by atoms with Crippen molar-refractivity contribution in [1.82, 2.24) is 4.90 Å².